The molecule has 0 spiro atoms. The predicted molar refractivity (Wildman–Crippen MR) is 76.5 cm³/mol. The number of primary amides is 1. The second kappa shape index (κ2) is 6.01. The number of imidazole rings is 1. The van der Waals surface area contributed by atoms with Crippen LogP contribution in [0, 0.1) is 12.3 Å². The van der Waals surface area contributed by atoms with Crippen molar-refractivity contribution in [3.05, 3.63) is 16.7 Å². The van der Waals surface area contributed by atoms with Gasteiger partial charge in [-0.1, -0.05) is 32.4 Å². The number of carbonyl (C=O) groups excluding carboxylic acids is 1. The lowest BCUT2D eigenvalue weighted by Gasteiger charge is -2.31. The van der Waals surface area contributed by atoms with Gasteiger partial charge in [-0.3, -0.25) is 0 Å². The Hall–Kier alpha value is -1.27. The average Bonchev–Trinajstić information content (AvgIpc) is 2.50. The fraction of sp³-hybridized carbons (Fsp3) is 0.692. The molecule has 114 valence electrons. The summed E-state index contributed by atoms with van der Waals surface area (Å²) in [6.07, 6.45) is -2.05. The zero-order chi connectivity index (χ0) is 15.7. The van der Waals surface area contributed by atoms with Crippen LogP contribution in [0.1, 0.15) is 45.3 Å². The van der Waals surface area contributed by atoms with Gasteiger partial charge in [-0.2, -0.15) is 0 Å². The maximum absolute atomic E-state index is 11.1. The van der Waals surface area contributed by atoms with Crippen molar-refractivity contribution < 1.29 is 14.6 Å². The van der Waals surface area contributed by atoms with E-state index in [9.17, 15) is 9.90 Å². The standard InChI is InChI=1S/C13H22ClN3O3/c1-7(18)10-11(14)16-8(2)17(10)6-9(13(3,4)5)20-12(15)19/h7,9,18H,6H2,1-5H3,(H2,15,19). The number of aliphatic hydroxyl groups excluding tert-OH is 1. The van der Waals surface area contributed by atoms with Crippen LogP contribution in [-0.2, 0) is 11.3 Å². The Balaban J connectivity index is 3.14. The van der Waals surface area contributed by atoms with Gasteiger partial charge in [0.05, 0.1) is 18.3 Å². The molecule has 1 rings (SSSR count). The van der Waals surface area contributed by atoms with Gasteiger partial charge in [0.15, 0.2) is 5.15 Å². The molecule has 0 aromatic carbocycles. The molecule has 0 saturated carbocycles. The van der Waals surface area contributed by atoms with E-state index >= 15 is 0 Å². The van der Waals surface area contributed by atoms with E-state index in [-0.39, 0.29) is 10.6 Å². The summed E-state index contributed by atoms with van der Waals surface area (Å²) in [6.45, 7) is 9.55. The highest BCUT2D eigenvalue weighted by Crippen LogP contribution is 2.29. The van der Waals surface area contributed by atoms with Gasteiger partial charge >= 0.3 is 6.09 Å². The number of hydrogen-bond donors (Lipinski definition) is 2. The Bertz CT molecular complexity index is 492. The number of aryl methyl sites for hydroxylation is 1. The van der Waals surface area contributed by atoms with Crippen LogP contribution in [0.15, 0.2) is 0 Å². The highest BCUT2D eigenvalue weighted by atomic mass is 35.5. The van der Waals surface area contributed by atoms with Gasteiger partial charge in [-0.25, -0.2) is 9.78 Å². The summed E-state index contributed by atoms with van der Waals surface area (Å²) < 4.78 is 6.94. The van der Waals surface area contributed by atoms with Crippen LogP contribution in [0.4, 0.5) is 4.79 Å². The third-order valence-electron chi connectivity index (χ3n) is 3.12. The number of aliphatic hydroxyl groups is 1. The van der Waals surface area contributed by atoms with Crippen LogP contribution >= 0.6 is 11.6 Å². The van der Waals surface area contributed by atoms with Crippen LogP contribution < -0.4 is 5.73 Å². The van der Waals surface area contributed by atoms with E-state index in [4.69, 9.17) is 22.1 Å². The van der Waals surface area contributed by atoms with E-state index in [0.717, 1.165) is 0 Å². The molecule has 1 heterocycles. The van der Waals surface area contributed by atoms with Crippen molar-refractivity contribution in [1.29, 1.82) is 0 Å². The minimum atomic E-state index is -0.826. The summed E-state index contributed by atoms with van der Waals surface area (Å²) in [5.41, 5.74) is 5.32. The van der Waals surface area contributed by atoms with Crippen LogP contribution in [0.25, 0.3) is 0 Å². The Labute approximate surface area is 123 Å². The lowest BCUT2D eigenvalue weighted by atomic mass is 9.89. The summed E-state index contributed by atoms with van der Waals surface area (Å²) in [6, 6.07) is 0. The number of amides is 1. The molecule has 0 aliphatic carbocycles. The first-order chi connectivity index (χ1) is 9.04. The summed E-state index contributed by atoms with van der Waals surface area (Å²) in [7, 11) is 0. The molecule has 0 bridgehead atoms. The molecule has 2 atom stereocenters. The van der Waals surface area contributed by atoms with Crippen molar-refractivity contribution >= 4 is 17.7 Å². The predicted octanol–water partition coefficient (Wildman–Crippen LogP) is 2.41. The molecule has 0 fully saturated rings. The number of ether oxygens (including phenoxy) is 1. The van der Waals surface area contributed by atoms with Crippen LogP contribution in [0.2, 0.25) is 5.15 Å². The van der Waals surface area contributed by atoms with Crippen LogP contribution in [0.3, 0.4) is 0 Å². The molecule has 1 amide bonds. The van der Waals surface area contributed by atoms with Gasteiger partial charge in [0.2, 0.25) is 0 Å². The lowest BCUT2D eigenvalue weighted by molar-refractivity contribution is 0.0236. The molecule has 2 unspecified atom stereocenters. The molecule has 0 saturated heterocycles. The minimum absolute atomic E-state index is 0.254. The fourth-order valence-corrected chi connectivity index (χ4v) is 2.35. The van der Waals surface area contributed by atoms with Crippen molar-refractivity contribution in [3.8, 4) is 0 Å². The highest BCUT2D eigenvalue weighted by Gasteiger charge is 2.30. The van der Waals surface area contributed by atoms with Gasteiger partial charge in [0.25, 0.3) is 0 Å². The molecule has 0 aliphatic heterocycles. The van der Waals surface area contributed by atoms with Gasteiger partial charge < -0.3 is 20.1 Å². The molecule has 7 heteroatoms. The van der Waals surface area contributed by atoms with Crippen molar-refractivity contribution in [3.63, 3.8) is 0 Å². The van der Waals surface area contributed by atoms with Crippen molar-refractivity contribution in [1.82, 2.24) is 9.55 Å². The molecule has 3 N–H and O–H groups in total. The second-order valence-corrected chi connectivity index (χ2v) is 6.27. The van der Waals surface area contributed by atoms with Crippen LogP contribution in [-0.4, -0.2) is 26.9 Å². The van der Waals surface area contributed by atoms with E-state index in [1.165, 1.54) is 0 Å². The number of nitrogens with zero attached hydrogens (tertiary/aromatic N) is 2. The van der Waals surface area contributed by atoms with E-state index in [2.05, 4.69) is 4.98 Å². The fourth-order valence-electron chi connectivity index (χ4n) is 1.97. The normalized spacial score (nSPS) is 14.9. The van der Waals surface area contributed by atoms with Crippen molar-refractivity contribution in [2.24, 2.45) is 11.1 Å². The summed E-state index contributed by atoms with van der Waals surface area (Å²) in [5.74, 6) is 0.647. The van der Waals surface area contributed by atoms with Crippen LogP contribution in [0.5, 0.6) is 0 Å². The highest BCUT2D eigenvalue weighted by molar-refractivity contribution is 6.30. The second-order valence-electron chi connectivity index (χ2n) is 5.91. The minimum Gasteiger partial charge on any atom is -0.444 e. The largest absolute Gasteiger partial charge is 0.444 e. The molecular weight excluding hydrogens is 282 g/mol. The maximum atomic E-state index is 11.1. The molecular formula is C13H22ClN3O3. The van der Waals surface area contributed by atoms with E-state index in [1.807, 2.05) is 20.8 Å². The topological polar surface area (TPSA) is 90.4 Å². The number of carbonyl (C=O) groups is 1. The quantitative estimate of drug-likeness (QED) is 0.893. The Morgan fingerprint density at radius 3 is 2.50 bits per heavy atom. The number of aromatic nitrogens is 2. The first-order valence-corrected chi connectivity index (χ1v) is 6.78. The number of hydrogen-bond acceptors (Lipinski definition) is 4. The smallest absolute Gasteiger partial charge is 0.404 e. The molecule has 20 heavy (non-hydrogen) atoms. The van der Waals surface area contributed by atoms with E-state index in [1.54, 1.807) is 18.4 Å². The molecule has 0 radical (unpaired) electrons. The molecule has 1 aromatic heterocycles. The van der Waals surface area contributed by atoms with Gasteiger partial charge in [0, 0.05) is 5.41 Å². The summed E-state index contributed by atoms with van der Waals surface area (Å²) >= 11 is 6.02. The van der Waals surface area contributed by atoms with E-state index < -0.39 is 18.3 Å². The molecule has 6 nitrogen and oxygen atoms in total. The first kappa shape index (κ1) is 16.8. The average molecular weight is 304 g/mol. The summed E-state index contributed by atoms with van der Waals surface area (Å²) in [4.78, 5) is 15.2. The third kappa shape index (κ3) is 3.86. The number of nitrogens with two attached hydrogens (primary N) is 1. The van der Waals surface area contributed by atoms with E-state index in [0.29, 0.717) is 18.1 Å². The number of halogens is 1. The monoisotopic (exact) mass is 303 g/mol. The maximum Gasteiger partial charge on any atom is 0.404 e. The van der Waals surface area contributed by atoms with Gasteiger partial charge in [-0.05, 0) is 13.8 Å². The van der Waals surface area contributed by atoms with Crippen molar-refractivity contribution in [2.75, 3.05) is 0 Å². The molecule has 0 aliphatic rings. The zero-order valence-corrected chi connectivity index (χ0v) is 13.2. The summed E-state index contributed by atoms with van der Waals surface area (Å²) in [5, 5.41) is 10.1. The Kier molecular flexibility index (Phi) is 5.05. The SMILES string of the molecule is Cc1nc(Cl)c(C(C)O)n1CC(OC(N)=O)C(C)(C)C. The van der Waals surface area contributed by atoms with Gasteiger partial charge in [-0.15, -0.1) is 0 Å². The van der Waals surface area contributed by atoms with Crippen molar-refractivity contribution in [2.45, 2.75) is 53.4 Å². The first-order valence-electron chi connectivity index (χ1n) is 6.40. The Morgan fingerprint density at radius 2 is 2.10 bits per heavy atom. The lowest BCUT2D eigenvalue weighted by Crippen LogP contribution is -2.37. The molecule has 1 aromatic rings. The zero-order valence-electron chi connectivity index (χ0n) is 12.5. The van der Waals surface area contributed by atoms with Gasteiger partial charge in [0.1, 0.15) is 11.9 Å². The Morgan fingerprint density at radius 1 is 1.55 bits per heavy atom. The number of rotatable bonds is 4. The third-order valence-corrected chi connectivity index (χ3v) is 3.40.